The van der Waals surface area contributed by atoms with E-state index < -0.39 is 5.97 Å². The number of hydrogen-bond acceptors (Lipinski definition) is 2. The van der Waals surface area contributed by atoms with Crippen LogP contribution in [0.15, 0.2) is 18.2 Å². The van der Waals surface area contributed by atoms with Gasteiger partial charge in [0.05, 0.1) is 5.52 Å². The summed E-state index contributed by atoms with van der Waals surface area (Å²) in [6.07, 6.45) is 1.15. The third-order valence-corrected chi connectivity index (χ3v) is 2.75. The number of halogens is 1. The van der Waals surface area contributed by atoms with Gasteiger partial charge in [-0.1, -0.05) is 6.07 Å². The van der Waals surface area contributed by atoms with Crippen LogP contribution in [0.3, 0.4) is 0 Å². The Bertz CT molecular complexity index is 563. The molecular weight excluding hydrogens is 223 g/mol. The lowest BCUT2D eigenvalue weighted by Gasteiger charge is -2.00. The molecule has 0 amide bonds. The number of para-hydroxylation sites is 1. The number of nitrogens with zero attached hydrogens (tertiary/aromatic N) is 2. The van der Waals surface area contributed by atoms with Gasteiger partial charge in [-0.3, -0.25) is 4.79 Å². The Kier molecular flexibility index (Phi) is 3.08. The lowest BCUT2D eigenvalue weighted by Crippen LogP contribution is -2.01. The molecule has 2 rings (SSSR count). The Morgan fingerprint density at radius 2 is 2.29 bits per heavy atom. The Labute approximate surface area is 97.7 Å². The number of benzene rings is 1. The summed E-state index contributed by atoms with van der Waals surface area (Å²) >= 11 is 0. The number of aliphatic carboxylic acids is 1. The topological polar surface area (TPSA) is 55.1 Å². The van der Waals surface area contributed by atoms with Gasteiger partial charge in [0.2, 0.25) is 0 Å². The highest BCUT2D eigenvalue weighted by atomic mass is 19.1. The molecule has 0 saturated carbocycles. The van der Waals surface area contributed by atoms with Crippen molar-refractivity contribution in [2.75, 3.05) is 0 Å². The highest BCUT2D eigenvalue weighted by Gasteiger charge is 2.11. The number of hydrogen-bond donors (Lipinski definition) is 1. The van der Waals surface area contributed by atoms with Crippen LogP contribution >= 0.6 is 0 Å². The predicted molar refractivity (Wildman–Crippen MR) is 61.2 cm³/mol. The first-order chi connectivity index (χ1) is 8.09. The van der Waals surface area contributed by atoms with E-state index in [1.807, 2.05) is 7.05 Å². The lowest BCUT2D eigenvalue weighted by molar-refractivity contribution is -0.137. The molecule has 4 nitrogen and oxygen atoms in total. The van der Waals surface area contributed by atoms with Gasteiger partial charge in [-0.2, -0.15) is 0 Å². The van der Waals surface area contributed by atoms with E-state index >= 15 is 0 Å². The number of rotatable bonds is 4. The molecule has 1 aromatic carbocycles. The van der Waals surface area contributed by atoms with Crippen LogP contribution < -0.4 is 0 Å². The van der Waals surface area contributed by atoms with E-state index in [-0.39, 0.29) is 12.2 Å². The van der Waals surface area contributed by atoms with Crippen LogP contribution in [0.4, 0.5) is 4.39 Å². The molecule has 0 fully saturated rings. The molecule has 0 spiro atoms. The molecule has 1 heterocycles. The number of aromatic nitrogens is 2. The van der Waals surface area contributed by atoms with E-state index in [0.717, 1.165) is 5.52 Å². The average Bonchev–Trinajstić information content (AvgIpc) is 2.58. The number of carbonyl (C=O) groups is 1. The van der Waals surface area contributed by atoms with Gasteiger partial charge in [-0.25, -0.2) is 9.37 Å². The van der Waals surface area contributed by atoms with Crippen LogP contribution in [-0.4, -0.2) is 20.6 Å². The maximum Gasteiger partial charge on any atom is 0.303 e. The smallest absolute Gasteiger partial charge is 0.303 e. The van der Waals surface area contributed by atoms with E-state index in [2.05, 4.69) is 4.98 Å². The van der Waals surface area contributed by atoms with Crippen molar-refractivity contribution in [3.8, 4) is 0 Å². The molecule has 0 atom stereocenters. The van der Waals surface area contributed by atoms with Gasteiger partial charge in [0.25, 0.3) is 0 Å². The first kappa shape index (κ1) is 11.6. The molecule has 90 valence electrons. The normalized spacial score (nSPS) is 10.9. The summed E-state index contributed by atoms with van der Waals surface area (Å²) in [5.74, 6) is -0.455. The SMILES string of the molecule is Cn1c(CCCC(=O)O)nc2c(F)cccc21. The molecule has 2 aromatic rings. The molecule has 1 N–H and O–H groups in total. The summed E-state index contributed by atoms with van der Waals surface area (Å²) in [7, 11) is 1.81. The first-order valence-corrected chi connectivity index (χ1v) is 5.41. The molecule has 0 saturated heterocycles. The largest absolute Gasteiger partial charge is 0.481 e. The van der Waals surface area contributed by atoms with E-state index in [0.29, 0.717) is 24.2 Å². The van der Waals surface area contributed by atoms with E-state index in [4.69, 9.17) is 5.11 Å². The minimum absolute atomic E-state index is 0.103. The maximum absolute atomic E-state index is 13.5. The quantitative estimate of drug-likeness (QED) is 0.884. The second-order valence-corrected chi connectivity index (χ2v) is 3.94. The molecule has 0 bridgehead atoms. The summed E-state index contributed by atoms with van der Waals surface area (Å²) in [6, 6.07) is 4.81. The van der Waals surface area contributed by atoms with Crippen molar-refractivity contribution in [3.05, 3.63) is 29.8 Å². The van der Waals surface area contributed by atoms with Crippen molar-refractivity contribution >= 4 is 17.0 Å². The number of imidazole rings is 1. The van der Waals surface area contributed by atoms with Crippen molar-refractivity contribution in [1.29, 1.82) is 0 Å². The Morgan fingerprint density at radius 3 is 2.94 bits per heavy atom. The summed E-state index contributed by atoms with van der Waals surface area (Å²) < 4.78 is 15.3. The van der Waals surface area contributed by atoms with Crippen molar-refractivity contribution in [1.82, 2.24) is 9.55 Å². The van der Waals surface area contributed by atoms with Crippen molar-refractivity contribution in [3.63, 3.8) is 0 Å². The molecule has 0 unspecified atom stereocenters. The molecule has 0 aliphatic rings. The molecule has 0 aliphatic heterocycles. The van der Waals surface area contributed by atoms with Crippen LogP contribution in [-0.2, 0) is 18.3 Å². The summed E-state index contributed by atoms with van der Waals surface area (Å²) in [4.78, 5) is 14.6. The fourth-order valence-electron chi connectivity index (χ4n) is 1.85. The second-order valence-electron chi connectivity index (χ2n) is 3.94. The zero-order valence-electron chi connectivity index (χ0n) is 9.48. The molecule has 0 radical (unpaired) electrons. The van der Waals surface area contributed by atoms with Gasteiger partial charge in [0, 0.05) is 19.9 Å². The summed E-state index contributed by atoms with van der Waals surface area (Å²) in [5, 5.41) is 8.56. The zero-order chi connectivity index (χ0) is 12.4. The van der Waals surface area contributed by atoms with Crippen LogP contribution in [0.2, 0.25) is 0 Å². The summed E-state index contributed by atoms with van der Waals surface area (Å²) in [6.45, 7) is 0. The van der Waals surface area contributed by atoms with Crippen molar-refractivity contribution in [2.45, 2.75) is 19.3 Å². The van der Waals surface area contributed by atoms with E-state index in [1.165, 1.54) is 6.07 Å². The first-order valence-electron chi connectivity index (χ1n) is 5.41. The number of fused-ring (bicyclic) bond motifs is 1. The number of aryl methyl sites for hydroxylation is 2. The molecular formula is C12H13FN2O2. The average molecular weight is 236 g/mol. The number of carboxylic acids is 1. The van der Waals surface area contributed by atoms with Crippen LogP contribution in [0, 0.1) is 5.82 Å². The standard InChI is InChI=1S/C12H13FN2O2/c1-15-9-5-2-4-8(13)12(9)14-10(15)6-3-7-11(16)17/h2,4-5H,3,6-7H2,1H3,(H,16,17). The number of carboxylic acid groups (broad SMARTS) is 1. The van der Waals surface area contributed by atoms with Crippen molar-refractivity contribution < 1.29 is 14.3 Å². The van der Waals surface area contributed by atoms with E-state index in [9.17, 15) is 9.18 Å². The Morgan fingerprint density at radius 1 is 1.53 bits per heavy atom. The Hall–Kier alpha value is -1.91. The third kappa shape index (κ3) is 2.27. The molecule has 5 heteroatoms. The van der Waals surface area contributed by atoms with Gasteiger partial charge in [0.1, 0.15) is 11.3 Å². The van der Waals surface area contributed by atoms with Gasteiger partial charge < -0.3 is 9.67 Å². The molecule has 1 aromatic heterocycles. The highest BCUT2D eigenvalue weighted by molar-refractivity contribution is 5.76. The van der Waals surface area contributed by atoms with E-state index in [1.54, 1.807) is 16.7 Å². The van der Waals surface area contributed by atoms with Crippen molar-refractivity contribution in [2.24, 2.45) is 7.05 Å². The van der Waals surface area contributed by atoms with Crippen LogP contribution in [0.5, 0.6) is 0 Å². The summed E-state index contributed by atoms with van der Waals surface area (Å²) in [5.41, 5.74) is 1.08. The third-order valence-electron chi connectivity index (χ3n) is 2.75. The molecule has 0 aliphatic carbocycles. The highest BCUT2D eigenvalue weighted by Crippen LogP contribution is 2.18. The fraction of sp³-hybridized carbons (Fsp3) is 0.333. The second kappa shape index (κ2) is 4.53. The minimum Gasteiger partial charge on any atom is -0.481 e. The Balaban J connectivity index is 2.26. The maximum atomic E-state index is 13.5. The van der Waals surface area contributed by atoms with Crippen LogP contribution in [0.25, 0.3) is 11.0 Å². The zero-order valence-corrected chi connectivity index (χ0v) is 9.48. The predicted octanol–water partition coefficient (Wildman–Crippen LogP) is 2.12. The monoisotopic (exact) mass is 236 g/mol. The lowest BCUT2D eigenvalue weighted by atomic mass is 10.2. The van der Waals surface area contributed by atoms with Gasteiger partial charge in [-0.05, 0) is 18.6 Å². The van der Waals surface area contributed by atoms with Gasteiger partial charge >= 0.3 is 5.97 Å². The van der Waals surface area contributed by atoms with Gasteiger partial charge in [-0.15, -0.1) is 0 Å². The fourth-order valence-corrected chi connectivity index (χ4v) is 1.85. The van der Waals surface area contributed by atoms with Crippen LogP contribution in [0.1, 0.15) is 18.7 Å². The molecule has 17 heavy (non-hydrogen) atoms. The van der Waals surface area contributed by atoms with Gasteiger partial charge in [0.15, 0.2) is 5.82 Å². The minimum atomic E-state index is -0.824.